The van der Waals surface area contributed by atoms with Gasteiger partial charge in [0.05, 0.1) is 10.5 Å². The highest BCUT2D eigenvalue weighted by Gasteiger charge is 2.45. The first-order chi connectivity index (χ1) is 11.8. The van der Waals surface area contributed by atoms with Crippen molar-refractivity contribution in [3.63, 3.8) is 0 Å². The molecule has 1 aliphatic heterocycles. The van der Waals surface area contributed by atoms with Crippen LogP contribution in [0.5, 0.6) is 0 Å². The second-order valence-electron chi connectivity index (χ2n) is 6.16. The van der Waals surface area contributed by atoms with Crippen molar-refractivity contribution in [3.05, 3.63) is 65.7 Å². The quantitative estimate of drug-likeness (QED) is 0.911. The second-order valence-corrected chi connectivity index (χ2v) is 7.72. The smallest absolute Gasteiger partial charge is 0.238 e. The summed E-state index contributed by atoms with van der Waals surface area (Å²) in [6.45, 7) is 3.66. The fraction of sp³-hybridized carbons (Fsp3) is 0.211. The Morgan fingerprint density at radius 1 is 1.00 bits per heavy atom. The number of hydrogen-bond acceptors (Lipinski definition) is 4. The maximum absolute atomic E-state index is 13.0. The molecule has 2 N–H and O–H groups in total. The lowest BCUT2D eigenvalue weighted by Crippen LogP contribution is -2.32. The number of sulfonamides is 1. The van der Waals surface area contributed by atoms with Gasteiger partial charge < -0.3 is 4.74 Å². The molecule has 130 valence electrons. The Bertz CT molecular complexity index is 947. The van der Waals surface area contributed by atoms with E-state index >= 15 is 0 Å². The zero-order chi connectivity index (χ0) is 18.2. The average molecular weight is 357 g/mol. The van der Waals surface area contributed by atoms with Crippen LogP contribution in [0.15, 0.2) is 59.5 Å². The summed E-state index contributed by atoms with van der Waals surface area (Å²) in [5.41, 5.74) is 0.986. The lowest BCUT2D eigenvalue weighted by molar-refractivity contribution is -0.126. The van der Waals surface area contributed by atoms with Crippen molar-refractivity contribution in [1.29, 1.82) is 0 Å². The molecule has 0 spiro atoms. The van der Waals surface area contributed by atoms with Crippen molar-refractivity contribution in [1.82, 2.24) is 0 Å². The van der Waals surface area contributed by atoms with Crippen molar-refractivity contribution < 1.29 is 17.9 Å². The van der Waals surface area contributed by atoms with E-state index in [1.807, 2.05) is 37.3 Å². The van der Waals surface area contributed by atoms with Gasteiger partial charge >= 0.3 is 0 Å². The van der Waals surface area contributed by atoms with Crippen LogP contribution in [0.1, 0.15) is 31.4 Å². The molecule has 1 unspecified atom stereocenters. The summed E-state index contributed by atoms with van der Waals surface area (Å²) >= 11 is 0. The summed E-state index contributed by atoms with van der Waals surface area (Å²) in [6, 6.07) is 15.3. The number of benzene rings is 2. The summed E-state index contributed by atoms with van der Waals surface area (Å²) in [6.07, 6.45) is 0.529. The number of carbonyl (C=O) groups is 1. The van der Waals surface area contributed by atoms with Crippen LogP contribution < -0.4 is 5.14 Å². The Morgan fingerprint density at radius 3 is 2.12 bits per heavy atom. The highest BCUT2D eigenvalue weighted by Crippen LogP contribution is 2.42. The van der Waals surface area contributed by atoms with Crippen LogP contribution in [0.25, 0.3) is 11.3 Å². The fourth-order valence-electron chi connectivity index (χ4n) is 2.79. The van der Waals surface area contributed by atoms with Gasteiger partial charge in [-0.15, -0.1) is 0 Å². The van der Waals surface area contributed by atoms with Gasteiger partial charge in [-0.25, -0.2) is 13.6 Å². The number of nitrogens with two attached hydrogens (primary N) is 1. The molecular formula is C19H19NO4S. The van der Waals surface area contributed by atoms with Crippen molar-refractivity contribution in [2.24, 2.45) is 5.14 Å². The number of carbonyl (C=O) groups excluding carboxylic acids is 1. The zero-order valence-corrected chi connectivity index (χ0v) is 14.8. The van der Waals surface area contributed by atoms with Crippen LogP contribution in [0.2, 0.25) is 0 Å². The minimum Gasteiger partial charge on any atom is -0.478 e. The second kappa shape index (κ2) is 6.13. The highest BCUT2D eigenvalue weighted by atomic mass is 32.2. The van der Waals surface area contributed by atoms with Gasteiger partial charge in [0.1, 0.15) is 5.76 Å². The summed E-state index contributed by atoms with van der Waals surface area (Å²) in [5.74, 6) is 0.383. The van der Waals surface area contributed by atoms with E-state index in [2.05, 4.69) is 0 Å². The van der Waals surface area contributed by atoms with Gasteiger partial charge in [0, 0.05) is 5.56 Å². The maximum atomic E-state index is 13.0. The van der Waals surface area contributed by atoms with Gasteiger partial charge in [0.25, 0.3) is 0 Å². The molecule has 1 aliphatic rings. The third-order valence-corrected chi connectivity index (χ3v) is 5.37. The molecule has 1 atom stereocenters. The number of primary sulfonamides is 1. The highest BCUT2D eigenvalue weighted by molar-refractivity contribution is 7.89. The topological polar surface area (TPSA) is 86.5 Å². The largest absolute Gasteiger partial charge is 0.478 e. The molecule has 25 heavy (non-hydrogen) atoms. The SMILES string of the molecule is CCC1(C)OC(c2ccc(S(N)(=O)=O)cc2)=C(c2ccccc2)C1=O. The van der Waals surface area contributed by atoms with E-state index in [1.54, 1.807) is 19.1 Å². The van der Waals surface area contributed by atoms with Gasteiger partial charge in [0.15, 0.2) is 5.60 Å². The predicted molar refractivity (Wildman–Crippen MR) is 95.9 cm³/mol. The van der Waals surface area contributed by atoms with Crippen LogP contribution >= 0.6 is 0 Å². The number of ketones is 1. The molecule has 5 nitrogen and oxygen atoms in total. The van der Waals surface area contributed by atoms with E-state index < -0.39 is 15.6 Å². The number of hydrogen-bond donors (Lipinski definition) is 1. The number of rotatable bonds is 4. The van der Waals surface area contributed by atoms with Crippen LogP contribution in [0.3, 0.4) is 0 Å². The molecule has 0 amide bonds. The first kappa shape index (κ1) is 17.4. The molecule has 1 heterocycles. The van der Waals surface area contributed by atoms with Crippen LogP contribution in [-0.2, 0) is 19.6 Å². The third kappa shape index (κ3) is 3.10. The fourth-order valence-corrected chi connectivity index (χ4v) is 3.30. The summed E-state index contributed by atoms with van der Waals surface area (Å²) in [7, 11) is -3.77. The first-order valence-electron chi connectivity index (χ1n) is 7.93. The van der Waals surface area contributed by atoms with E-state index in [4.69, 9.17) is 9.88 Å². The van der Waals surface area contributed by atoms with Gasteiger partial charge in [-0.05, 0) is 43.2 Å². The lowest BCUT2D eigenvalue weighted by atomic mass is 9.90. The van der Waals surface area contributed by atoms with E-state index in [0.717, 1.165) is 5.56 Å². The lowest BCUT2D eigenvalue weighted by Gasteiger charge is -2.21. The van der Waals surface area contributed by atoms with E-state index in [9.17, 15) is 13.2 Å². The molecule has 0 saturated carbocycles. The van der Waals surface area contributed by atoms with Gasteiger partial charge in [0.2, 0.25) is 15.8 Å². The minimum atomic E-state index is -3.77. The zero-order valence-electron chi connectivity index (χ0n) is 14.0. The van der Waals surface area contributed by atoms with Crippen molar-refractivity contribution in [2.45, 2.75) is 30.8 Å². The Kier molecular flexibility index (Phi) is 4.26. The Morgan fingerprint density at radius 2 is 1.60 bits per heavy atom. The number of ether oxygens (including phenoxy) is 1. The predicted octanol–water partition coefficient (Wildman–Crippen LogP) is 2.97. The molecule has 0 radical (unpaired) electrons. The van der Waals surface area contributed by atoms with Gasteiger partial charge in [-0.2, -0.15) is 0 Å². The molecule has 6 heteroatoms. The van der Waals surface area contributed by atoms with Gasteiger partial charge in [-0.1, -0.05) is 37.3 Å². The van der Waals surface area contributed by atoms with E-state index in [-0.39, 0.29) is 10.7 Å². The molecule has 0 saturated heterocycles. The molecular weight excluding hydrogens is 338 g/mol. The average Bonchev–Trinajstić information content (AvgIpc) is 2.87. The standard InChI is InChI=1S/C19H19NO4S/c1-3-19(2)18(21)16(13-7-5-4-6-8-13)17(24-19)14-9-11-15(12-10-14)25(20,22)23/h4-12H,3H2,1-2H3,(H2,20,22,23). The molecule has 0 aliphatic carbocycles. The van der Waals surface area contributed by atoms with E-state index in [0.29, 0.717) is 23.3 Å². The summed E-state index contributed by atoms with van der Waals surface area (Å²) < 4.78 is 28.9. The summed E-state index contributed by atoms with van der Waals surface area (Å²) in [4.78, 5) is 13.0. The molecule has 2 aromatic carbocycles. The molecule has 0 fully saturated rings. The summed E-state index contributed by atoms with van der Waals surface area (Å²) in [5, 5.41) is 5.14. The van der Waals surface area contributed by atoms with Crippen molar-refractivity contribution in [3.8, 4) is 0 Å². The molecule has 2 aromatic rings. The number of Topliss-reactive ketones (excluding diaryl/α,β-unsaturated/α-hetero) is 1. The minimum absolute atomic E-state index is 0.0145. The van der Waals surface area contributed by atoms with Crippen LogP contribution in [-0.4, -0.2) is 19.8 Å². The van der Waals surface area contributed by atoms with Crippen molar-refractivity contribution >= 4 is 27.1 Å². The van der Waals surface area contributed by atoms with E-state index in [1.165, 1.54) is 12.1 Å². The van der Waals surface area contributed by atoms with Crippen molar-refractivity contribution in [2.75, 3.05) is 0 Å². The van der Waals surface area contributed by atoms with Crippen LogP contribution in [0, 0.1) is 0 Å². The first-order valence-corrected chi connectivity index (χ1v) is 9.47. The van der Waals surface area contributed by atoms with Gasteiger partial charge in [-0.3, -0.25) is 4.79 Å². The monoisotopic (exact) mass is 357 g/mol. The van der Waals surface area contributed by atoms with Crippen LogP contribution in [0.4, 0.5) is 0 Å². The molecule has 0 aromatic heterocycles. The molecule has 0 bridgehead atoms. The Labute approximate surface area is 147 Å². The Balaban J connectivity index is 2.15. The molecule has 3 rings (SSSR count). The maximum Gasteiger partial charge on any atom is 0.238 e. The normalized spacial score (nSPS) is 20.7. The Hall–Kier alpha value is -2.44. The third-order valence-electron chi connectivity index (χ3n) is 4.44.